The summed E-state index contributed by atoms with van der Waals surface area (Å²) in [5, 5.41) is 4.10. The molecule has 6 nitrogen and oxygen atoms in total. The van der Waals surface area contributed by atoms with Gasteiger partial charge in [-0.15, -0.1) is 0 Å². The first kappa shape index (κ1) is 15.3. The maximum Gasteiger partial charge on any atom is 0.410 e. The van der Waals surface area contributed by atoms with Crippen molar-refractivity contribution in [2.24, 2.45) is 11.3 Å². The molecular formula is C16H25N3O3. The number of likely N-dealkylation sites (tertiary alicyclic amines) is 1. The Morgan fingerprint density at radius 1 is 1.41 bits per heavy atom. The lowest BCUT2D eigenvalue weighted by molar-refractivity contribution is -0.00186. The molecule has 1 amide bonds. The van der Waals surface area contributed by atoms with Gasteiger partial charge in [-0.3, -0.25) is 0 Å². The fraction of sp³-hybridized carbons (Fsp3) is 0.812. The standard InChI is InChI=1S/C16H25N3O3/c1-15(2,3)21-14(20)19-8-10(9-19)6-12-17-13(18-22-12)11-7-16(11,4)5/h10-11H,6-9H2,1-5H3. The predicted octanol–water partition coefficient (Wildman–Crippen LogP) is 2.99. The zero-order valence-electron chi connectivity index (χ0n) is 14.0. The summed E-state index contributed by atoms with van der Waals surface area (Å²) in [7, 11) is 0. The molecule has 0 spiro atoms. The van der Waals surface area contributed by atoms with Gasteiger partial charge in [-0.1, -0.05) is 19.0 Å². The van der Waals surface area contributed by atoms with Crippen LogP contribution in [-0.2, 0) is 11.2 Å². The maximum atomic E-state index is 11.9. The SMILES string of the molecule is CC(C)(C)OC(=O)N1CC(Cc2nc(C3CC3(C)C)no2)C1. The van der Waals surface area contributed by atoms with Crippen molar-refractivity contribution in [3.63, 3.8) is 0 Å². The molecule has 0 bridgehead atoms. The number of hydrogen-bond acceptors (Lipinski definition) is 5. The first-order valence-electron chi connectivity index (χ1n) is 7.94. The van der Waals surface area contributed by atoms with E-state index in [-0.39, 0.29) is 6.09 Å². The van der Waals surface area contributed by atoms with Crippen LogP contribution in [0.3, 0.4) is 0 Å². The van der Waals surface area contributed by atoms with E-state index < -0.39 is 5.60 Å². The van der Waals surface area contributed by atoms with Crippen LogP contribution in [0.1, 0.15) is 58.7 Å². The summed E-state index contributed by atoms with van der Waals surface area (Å²) < 4.78 is 10.7. The van der Waals surface area contributed by atoms with Gasteiger partial charge in [-0.05, 0) is 32.6 Å². The first-order chi connectivity index (χ1) is 10.1. The average molecular weight is 307 g/mol. The minimum absolute atomic E-state index is 0.241. The Kier molecular flexibility index (Phi) is 3.45. The summed E-state index contributed by atoms with van der Waals surface area (Å²) in [5.74, 6) is 2.34. The van der Waals surface area contributed by atoms with Gasteiger partial charge in [0.25, 0.3) is 0 Å². The van der Waals surface area contributed by atoms with Crippen molar-refractivity contribution in [3.05, 3.63) is 11.7 Å². The van der Waals surface area contributed by atoms with Gasteiger partial charge < -0.3 is 14.2 Å². The third-order valence-corrected chi connectivity index (χ3v) is 4.38. The maximum absolute atomic E-state index is 11.9. The Balaban J connectivity index is 1.46. The number of hydrogen-bond donors (Lipinski definition) is 0. The Hall–Kier alpha value is -1.59. The minimum Gasteiger partial charge on any atom is -0.444 e. The molecule has 1 saturated heterocycles. The van der Waals surface area contributed by atoms with Crippen molar-refractivity contribution in [2.45, 2.75) is 59.0 Å². The van der Waals surface area contributed by atoms with Crippen molar-refractivity contribution in [1.29, 1.82) is 0 Å². The molecular weight excluding hydrogens is 282 g/mol. The fourth-order valence-electron chi connectivity index (χ4n) is 2.82. The monoisotopic (exact) mass is 307 g/mol. The summed E-state index contributed by atoms with van der Waals surface area (Å²) in [6, 6.07) is 0. The molecule has 1 aliphatic heterocycles. The minimum atomic E-state index is -0.444. The van der Waals surface area contributed by atoms with Gasteiger partial charge >= 0.3 is 6.09 Å². The highest BCUT2D eigenvalue weighted by Crippen LogP contribution is 2.57. The van der Waals surface area contributed by atoms with Gasteiger partial charge in [0.1, 0.15) is 5.60 Å². The molecule has 1 unspecified atom stereocenters. The predicted molar refractivity (Wildman–Crippen MR) is 80.4 cm³/mol. The lowest BCUT2D eigenvalue weighted by Gasteiger charge is -2.39. The van der Waals surface area contributed by atoms with Crippen molar-refractivity contribution in [1.82, 2.24) is 15.0 Å². The third-order valence-electron chi connectivity index (χ3n) is 4.38. The molecule has 0 N–H and O–H groups in total. The van der Waals surface area contributed by atoms with E-state index in [1.54, 1.807) is 4.90 Å². The van der Waals surface area contributed by atoms with Crippen LogP contribution in [0, 0.1) is 11.3 Å². The highest BCUT2D eigenvalue weighted by atomic mass is 16.6. The van der Waals surface area contributed by atoms with Crippen LogP contribution >= 0.6 is 0 Å². The molecule has 6 heteroatoms. The summed E-state index contributed by atoms with van der Waals surface area (Å²) in [5.41, 5.74) is -0.133. The first-order valence-corrected chi connectivity index (χ1v) is 7.94. The van der Waals surface area contributed by atoms with E-state index in [2.05, 4.69) is 24.0 Å². The van der Waals surface area contributed by atoms with E-state index in [0.717, 1.165) is 18.7 Å². The van der Waals surface area contributed by atoms with E-state index in [4.69, 9.17) is 9.26 Å². The van der Waals surface area contributed by atoms with Crippen molar-refractivity contribution >= 4 is 6.09 Å². The van der Waals surface area contributed by atoms with Crippen LogP contribution in [0.15, 0.2) is 4.52 Å². The van der Waals surface area contributed by atoms with Crippen LogP contribution in [-0.4, -0.2) is 39.8 Å². The van der Waals surface area contributed by atoms with Crippen LogP contribution in [0.4, 0.5) is 4.79 Å². The highest BCUT2D eigenvalue weighted by Gasteiger charge is 2.49. The van der Waals surface area contributed by atoms with Crippen LogP contribution in [0.25, 0.3) is 0 Å². The normalized spacial score (nSPS) is 24.0. The lowest BCUT2D eigenvalue weighted by Crippen LogP contribution is -2.52. The highest BCUT2D eigenvalue weighted by molar-refractivity contribution is 5.69. The molecule has 0 aromatic carbocycles. The van der Waals surface area contributed by atoms with Crippen molar-refractivity contribution in [2.75, 3.05) is 13.1 Å². The molecule has 122 valence electrons. The fourth-order valence-corrected chi connectivity index (χ4v) is 2.82. The van der Waals surface area contributed by atoms with Crippen molar-refractivity contribution in [3.8, 4) is 0 Å². The number of carbonyl (C=O) groups is 1. The van der Waals surface area contributed by atoms with Gasteiger partial charge in [-0.2, -0.15) is 4.98 Å². The summed E-state index contributed by atoms with van der Waals surface area (Å²) in [6.07, 6.45) is 1.62. The van der Waals surface area contributed by atoms with Crippen LogP contribution in [0.5, 0.6) is 0 Å². The third kappa shape index (κ3) is 3.25. The second-order valence-corrected chi connectivity index (χ2v) is 8.25. The van der Waals surface area contributed by atoms with E-state index in [1.165, 1.54) is 0 Å². The second kappa shape index (κ2) is 4.96. The molecule has 2 fully saturated rings. The van der Waals surface area contributed by atoms with E-state index >= 15 is 0 Å². The molecule has 2 heterocycles. The summed E-state index contributed by atoms with van der Waals surface area (Å²) in [6.45, 7) is 11.5. The smallest absolute Gasteiger partial charge is 0.410 e. The largest absolute Gasteiger partial charge is 0.444 e. The van der Waals surface area contributed by atoms with Crippen LogP contribution < -0.4 is 0 Å². The summed E-state index contributed by atoms with van der Waals surface area (Å²) >= 11 is 0. The number of aromatic nitrogens is 2. The molecule has 1 saturated carbocycles. The number of ether oxygens (including phenoxy) is 1. The quantitative estimate of drug-likeness (QED) is 0.858. The Morgan fingerprint density at radius 2 is 2.05 bits per heavy atom. The number of rotatable bonds is 3. The van der Waals surface area contributed by atoms with Crippen molar-refractivity contribution < 1.29 is 14.1 Å². The number of amides is 1. The van der Waals surface area contributed by atoms with Gasteiger partial charge in [0, 0.05) is 31.3 Å². The Bertz CT molecular complexity index is 567. The molecule has 1 atom stereocenters. The van der Waals surface area contributed by atoms with Crippen LogP contribution in [0.2, 0.25) is 0 Å². The molecule has 2 aliphatic rings. The molecule has 1 aromatic rings. The van der Waals surface area contributed by atoms with E-state index in [1.807, 2.05) is 20.8 Å². The Labute approximate surface area is 131 Å². The van der Waals surface area contributed by atoms with Gasteiger partial charge in [0.05, 0.1) is 0 Å². The molecule has 0 radical (unpaired) electrons. The molecule has 3 rings (SSSR count). The van der Waals surface area contributed by atoms with Gasteiger partial charge in [0.2, 0.25) is 5.89 Å². The zero-order chi connectivity index (χ0) is 16.1. The molecule has 1 aliphatic carbocycles. The van der Waals surface area contributed by atoms with E-state index in [0.29, 0.717) is 36.2 Å². The van der Waals surface area contributed by atoms with Gasteiger partial charge in [0.15, 0.2) is 5.82 Å². The second-order valence-electron chi connectivity index (χ2n) is 8.25. The lowest BCUT2D eigenvalue weighted by atomic mass is 9.97. The summed E-state index contributed by atoms with van der Waals surface area (Å²) in [4.78, 5) is 18.1. The Morgan fingerprint density at radius 3 is 2.59 bits per heavy atom. The molecule has 1 aromatic heterocycles. The molecule has 22 heavy (non-hydrogen) atoms. The van der Waals surface area contributed by atoms with Gasteiger partial charge in [-0.25, -0.2) is 4.79 Å². The topological polar surface area (TPSA) is 68.5 Å². The number of nitrogens with zero attached hydrogens (tertiary/aromatic N) is 3. The zero-order valence-corrected chi connectivity index (χ0v) is 14.0. The van der Waals surface area contributed by atoms with E-state index in [9.17, 15) is 4.79 Å². The number of carbonyl (C=O) groups excluding carboxylic acids is 1. The average Bonchev–Trinajstić information content (AvgIpc) is 2.77.